The summed E-state index contributed by atoms with van der Waals surface area (Å²) in [5, 5.41) is 3.60. The van der Waals surface area contributed by atoms with Crippen LogP contribution < -0.4 is 16.6 Å². The molecule has 0 aliphatic carbocycles. The van der Waals surface area contributed by atoms with Gasteiger partial charge in [0.2, 0.25) is 5.96 Å². The van der Waals surface area contributed by atoms with Crippen LogP contribution in [0.2, 0.25) is 0 Å². The van der Waals surface area contributed by atoms with Gasteiger partial charge in [-0.1, -0.05) is 25.1 Å². The Morgan fingerprint density at radius 2 is 2.12 bits per heavy atom. The molecule has 5 heteroatoms. The summed E-state index contributed by atoms with van der Waals surface area (Å²) in [6.45, 7) is 2.87. The molecule has 0 spiro atoms. The summed E-state index contributed by atoms with van der Waals surface area (Å²) in [6.07, 6.45) is 2.07. The van der Waals surface area contributed by atoms with Gasteiger partial charge in [0.1, 0.15) is 0 Å². The van der Waals surface area contributed by atoms with Gasteiger partial charge in [-0.3, -0.25) is 10.4 Å². The SMILES string of the molecule is CSC(C)CN=C(NN)Nc1ccccc1. The van der Waals surface area contributed by atoms with Gasteiger partial charge in [-0.2, -0.15) is 11.8 Å². The molecule has 4 N–H and O–H groups in total. The van der Waals surface area contributed by atoms with Crippen LogP contribution in [-0.4, -0.2) is 24.0 Å². The van der Waals surface area contributed by atoms with Crippen LogP contribution in [-0.2, 0) is 0 Å². The molecule has 0 fully saturated rings. The first kappa shape index (κ1) is 12.9. The highest BCUT2D eigenvalue weighted by Gasteiger charge is 2.00. The predicted molar refractivity (Wildman–Crippen MR) is 72.7 cm³/mol. The third-order valence-corrected chi connectivity index (χ3v) is 3.04. The molecular weight excluding hydrogens is 220 g/mol. The molecule has 1 rings (SSSR count). The molecule has 1 atom stereocenters. The number of thioether (sulfide) groups is 1. The molecule has 1 unspecified atom stereocenters. The van der Waals surface area contributed by atoms with Gasteiger partial charge in [-0.05, 0) is 18.4 Å². The Morgan fingerprint density at radius 3 is 2.69 bits per heavy atom. The second-order valence-electron chi connectivity index (χ2n) is 3.37. The molecular formula is C11H18N4S. The Hall–Kier alpha value is -1.20. The molecule has 0 saturated carbocycles. The van der Waals surface area contributed by atoms with E-state index in [0.29, 0.717) is 11.2 Å². The zero-order valence-corrected chi connectivity index (χ0v) is 10.4. The van der Waals surface area contributed by atoms with E-state index in [-0.39, 0.29) is 0 Å². The van der Waals surface area contributed by atoms with Gasteiger partial charge >= 0.3 is 0 Å². The van der Waals surface area contributed by atoms with Crippen molar-refractivity contribution in [1.82, 2.24) is 5.43 Å². The highest BCUT2D eigenvalue weighted by molar-refractivity contribution is 7.99. The van der Waals surface area contributed by atoms with Gasteiger partial charge in [0.15, 0.2) is 0 Å². The maximum absolute atomic E-state index is 5.40. The number of hydrogen-bond acceptors (Lipinski definition) is 3. The first-order chi connectivity index (χ1) is 7.76. The van der Waals surface area contributed by atoms with Crippen molar-refractivity contribution in [3.05, 3.63) is 30.3 Å². The third kappa shape index (κ3) is 4.55. The van der Waals surface area contributed by atoms with E-state index in [2.05, 4.69) is 28.9 Å². The van der Waals surface area contributed by atoms with Gasteiger partial charge in [0.05, 0.1) is 6.54 Å². The number of benzene rings is 1. The minimum Gasteiger partial charge on any atom is -0.325 e. The molecule has 1 aromatic carbocycles. The third-order valence-electron chi connectivity index (χ3n) is 2.08. The lowest BCUT2D eigenvalue weighted by molar-refractivity contribution is 0.921. The Kier molecular flexibility index (Phi) is 5.74. The normalized spacial score (nSPS) is 13.3. The van der Waals surface area contributed by atoms with E-state index in [1.54, 1.807) is 11.8 Å². The number of anilines is 1. The Labute approximate surface area is 101 Å². The van der Waals surface area contributed by atoms with Crippen molar-refractivity contribution >= 4 is 23.4 Å². The van der Waals surface area contributed by atoms with Crippen molar-refractivity contribution in [2.45, 2.75) is 12.2 Å². The maximum atomic E-state index is 5.40. The Bertz CT molecular complexity index is 326. The second-order valence-corrected chi connectivity index (χ2v) is 4.65. The molecule has 0 amide bonds. The lowest BCUT2D eigenvalue weighted by Gasteiger charge is -2.10. The highest BCUT2D eigenvalue weighted by atomic mass is 32.2. The first-order valence-corrected chi connectivity index (χ1v) is 6.41. The lowest BCUT2D eigenvalue weighted by atomic mass is 10.3. The standard InChI is InChI=1S/C11H18N4S/c1-9(16-2)8-13-11(15-12)14-10-6-4-3-5-7-10/h3-7,9H,8,12H2,1-2H3,(H2,13,14,15). The molecule has 0 saturated heterocycles. The fourth-order valence-corrected chi connectivity index (χ4v) is 1.30. The van der Waals surface area contributed by atoms with Crippen LogP contribution in [0.5, 0.6) is 0 Å². The van der Waals surface area contributed by atoms with Gasteiger partial charge in [0.25, 0.3) is 0 Å². The fourth-order valence-electron chi connectivity index (χ4n) is 1.07. The van der Waals surface area contributed by atoms with Crippen molar-refractivity contribution in [1.29, 1.82) is 0 Å². The summed E-state index contributed by atoms with van der Waals surface area (Å²) in [6, 6.07) is 9.81. The lowest BCUT2D eigenvalue weighted by Crippen LogP contribution is -2.36. The summed E-state index contributed by atoms with van der Waals surface area (Å²) in [7, 11) is 0. The number of para-hydroxylation sites is 1. The molecule has 16 heavy (non-hydrogen) atoms. The average molecular weight is 238 g/mol. The predicted octanol–water partition coefficient (Wildman–Crippen LogP) is 1.67. The fraction of sp³-hybridized carbons (Fsp3) is 0.364. The molecule has 0 heterocycles. The number of rotatable bonds is 4. The largest absolute Gasteiger partial charge is 0.325 e. The molecule has 0 radical (unpaired) electrons. The molecule has 4 nitrogen and oxygen atoms in total. The van der Waals surface area contributed by atoms with Gasteiger partial charge in [0, 0.05) is 10.9 Å². The van der Waals surface area contributed by atoms with E-state index in [1.807, 2.05) is 30.3 Å². The number of hydrogen-bond donors (Lipinski definition) is 3. The minimum atomic E-state index is 0.487. The van der Waals surface area contributed by atoms with E-state index in [4.69, 9.17) is 5.84 Å². The van der Waals surface area contributed by atoms with E-state index < -0.39 is 0 Å². The number of nitrogens with one attached hydrogen (secondary N) is 2. The summed E-state index contributed by atoms with van der Waals surface area (Å²) >= 11 is 1.78. The van der Waals surface area contributed by atoms with E-state index in [9.17, 15) is 0 Å². The zero-order chi connectivity index (χ0) is 11.8. The van der Waals surface area contributed by atoms with E-state index >= 15 is 0 Å². The van der Waals surface area contributed by atoms with Gasteiger partial charge < -0.3 is 5.32 Å². The van der Waals surface area contributed by atoms with Crippen molar-refractivity contribution < 1.29 is 0 Å². The molecule has 0 bridgehead atoms. The summed E-state index contributed by atoms with van der Waals surface area (Å²) in [5.41, 5.74) is 3.53. The van der Waals surface area contributed by atoms with Crippen LogP contribution >= 0.6 is 11.8 Å². The van der Waals surface area contributed by atoms with Crippen molar-refractivity contribution in [2.75, 3.05) is 18.1 Å². The summed E-state index contributed by atoms with van der Waals surface area (Å²) < 4.78 is 0. The molecule has 88 valence electrons. The van der Waals surface area contributed by atoms with Crippen LogP contribution in [0.15, 0.2) is 35.3 Å². The quantitative estimate of drug-likeness (QED) is 0.323. The topological polar surface area (TPSA) is 62.4 Å². The van der Waals surface area contributed by atoms with Gasteiger partial charge in [-0.15, -0.1) is 0 Å². The second kappa shape index (κ2) is 7.14. The number of nitrogens with zero attached hydrogens (tertiary/aromatic N) is 1. The molecule has 0 aliphatic heterocycles. The Morgan fingerprint density at radius 1 is 1.44 bits per heavy atom. The van der Waals surface area contributed by atoms with Crippen molar-refractivity contribution in [3.8, 4) is 0 Å². The number of nitrogens with two attached hydrogens (primary N) is 1. The molecule has 0 aliphatic rings. The van der Waals surface area contributed by atoms with Crippen LogP contribution in [0.3, 0.4) is 0 Å². The zero-order valence-electron chi connectivity index (χ0n) is 9.60. The monoisotopic (exact) mass is 238 g/mol. The van der Waals surface area contributed by atoms with Crippen LogP contribution in [0.1, 0.15) is 6.92 Å². The number of aliphatic imine (C=N–C) groups is 1. The average Bonchev–Trinajstić information content (AvgIpc) is 2.35. The first-order valence-electron chi connectivity index (χ1n) is 5.12. The number of hydrazine groups is 1. The van der Waals surface area contributed by atoms with Crippen LogP contribution in [0.4, 0.5) is 5.69 Å². The highest BCUT2D eigenvalue weighted by Crippen LogP contribution is 2.06. The number of guanidine groups is 1. The smallest absolute Gasteiger partial charge is 0.210 e. The van der Waals surface area contributed by atoms with E-state index in [0.717, 1.165) is 12.2 Å². The van der Waals surface area contributed by atoms with Crippen molar-refractivity contribution in [3.63, 3.8) is 0 Å². The van der Waals surface area contributed by atoms with Crippen LogP contribution in [0, 0.1) is 0 Å². The Balaban J connectivity index is 2.55. The van der Waals surface area contributed by atoms with Gasteiger partial charge in [-0.25, -0.2) is 5.84 Å². The molecule has 1 aromatic rings. The maximum Gasteiger partial charge on any atom is 0.210 e. The van der Waals surface area contributed by atoms with Crippen molar-refractivity contribution in [2.24, 2.45) is 10.8 Å². The van der Waals surface area contributed by atoms with E-state index in [1.165, 1.54) is 0 Å². The minimum absolute atomic E-state index is 0.487. The van der Waals surface area contributed by atoms with Crippen LogP contribution in [0.25, 0.3) is 0 Å². The summed E-state index contributed by atoms with van der Waals surface area (Å²) in [5.74, 6) is 5.99. The molecule has 0 aromatic heterocycles. The summed E-state index contributed by atoms with van der Waals surface area (Å²) in [4.78, 5) is 4.36.